The highest BCUT2D eigenvalue weighted by Crippen LogP contribution is 2.38. The molecule has 3 rings (SSSR count). The van der Waals surface area contributed by atoms with Gasteiger partial charge in [-0.1, -0.05) is 13.3 Å². The molecule has 0 radical (unpaired) electrons. The van der Waals surface area contributed by atoms with Crippen molar-refractivity contribution in [2.24, 2.45) is 0 Å². The molecule has 1 unspecified atom stereocenters. The fourth-order valence-electron chi connectivity index (χ4n) is 3.37. The minimum Gasteiger partial charge on any atom is -0.465 e. The third-order valence-electron chi connectivity index (χ3n) is 4.87. The Labute approximate surface area is 174 Å². The van der Waals surface area contributed by atoms with E-state index in [2.05, 4.69) is 5.32 Å². The number of esters is 1. The topological polar surface area (TPSA) is 81.4 Å². The molecular weight excluding hydrogens is 392 g/mol. The molecule has 1 atom stereocenters. The number of carbonyl (C=O) groups excluding carboxylic acids is 2. The quantitative estimate of drug-likeness (QED) is 0.302. The van der Waals surface area contributed by atoms with Crippen molar-refractivity contribution in [1.82, 2.24) is 0 Å². The van der Waals surface area contributed by atoms with Crippen LogP contribution in [-0.2, 0) is 22.4 Å². The number of hydrogen-bond donors (Lipinski definition) is 2. The van der Waals surface area contributed by atoms with Crippen LogP contribution in [0.5, 0.6) is 0 Å². The maximum absolute atomic E-state index is 13.0. The first kappa shape index (κ1) is 20.7. The first-order valence-electron chi connectivity index (χ1n) is 9.59. The van der Waals surface area contributed by atoms with E-state index in [0.29, 0.717) is 22.7 Å². The lowest BCUT2D eigenvalue weighted by Gasteiger charge is -2.15. The van der Waals surface area contributed by atoms with Crippen molar-refractivity contribution < 1.29 is 14.3 Å². The SMILES string of the molecule is CCC(Sc1ccc(N)cc1)C(=O)Nc1sc2c(c1C(=O)OC)CCCCC2. The first-order chi connectivity index (χ1) is 13.5. The van der Waals surface area contributed by atoms with E-state index in [-0.39, 0.29) is 17.1 Å². The van der Waals surface area contributed by atoms with Crippen LogP contribution in [-0.4, -0.2) is 24.2 Å². The molecule has 1 heterocycles. The largest absolute Gasteiger partial charge is 0.465 e. The van der Waals surface area contributed by atoms with Crippen LogP contribution >= 0.6 is 23.1 Å². The van der Waals surface area contributed by atoms with Gasteiger partial charge in [-0.15, -0.1) is 23.1 Å². The van der Waals surface area contributed by atoms with Crippen LogP contribution in [0.3, 0.4) is 0 Å². The molecule has 0 saturated heterocycles. The number of thiophene rings is 1. The normalized spacial score (nSPS) is 14.6. The zero-order chi connectivity index (χ0) is 20.1. The number of thioether (sulfide) groups is 1. The van der Waals surface area contributed by atoms with E-state index in [1.54, 1.807) is 0 Å². The number of fused-ring (bicyclic) bond motifs is 1. The fourth-order valence-corrected chi connectivity index (χ4v) is 5.61. The molecular formula is C21H26N2O3S2. The van der Waals surface area contributed by atoms with Crippen LogP contribution in [0.25, 0.3) is 0 Å². The van der Waals surface area contributed by atoms with E-state index in [9.17, 15) is 9.59 Å². The van der Waals surface area contributed by atoms with Gasteiger partial charge in [0.25, 0.3) is 0 Å². The number of ether oxygens (including phenoxy) is 1. The molecule has 1 aliphatic rings. The number of methoxy groups -OCH3 is 1. The molecule has 3 N–H and O–H groups in total. The van der Waals surface area contributed by atoms with Crippen molar-refractivity contribution in [2.75, 3.05) is 18.2 Å². The highest BCUT2D eigenvalue weighted by atomic mass is 32.2. The molecule has 7 heteroatoms. The summed E-state index contributed by atoms with van der Waals surface area (Å²) in [5.74, 6) is -0.458. The average molecular weight is 419 g/mol. The average Bonchev–Trinajstić information content (AvgIpc) is 2.87. The Morgan fingerprint density at radius 3 is 2.61 bits per heavy atom. The second-order valence-electron chi connectivity index (χ2n) is 6.83. The van der Waals surface area contributed by atoms with E-state index in [1.807, 2.05) is 31.2 Å². The molecule has 1 aromatic heterocycles. The standard InChI is InChI=1S/C21H26N2O3S2/c1-3-16(27-14-11-9-13(22)10-12-14)19(24)23-20-18(21(25)26-2)15-7-5-4-6-8-17(15)28-20/h9-12,16H,3-8,22H2,1-2H3,(H,23,24). The Morgan fingerprint density at radius 1 is 1.21 bits per heavy atom. The third-order valence-corrected chi connectivity index (χ3v) is 7.45. The molecule has 0 spiro atoms. The number of benzene rings is 1. The van der Waals surface area contributed by atoms with Gasteiger partial charge < -0.3 is 15.8 Å². The van der Waals surface area contributed by atoms with Gasteiger partial charge in [0.15, 0.2) is 0 Å². The van der Waals surface area contributed by atoms with Crippen molar-refractivity contribution in [2.45, 2.75) is 55.6 Å². The molecule has 28 heavy (non-hydrogen) atoms. The number of rotatable bonds is 6. The monoisotopic (exact) mass is 418 g/mol. The van der Waals surface area contributed by atoms with Crippen LogP contribution in [0.1, 0.15) is 53.4 Å². The highest BCUT2D eigenvalue weighted by Gasteiger charge is 2.28. The van der Waals surface area contributed by atoms with Crippen molar-refractivity contribution in [1.29, 1.82) is 0 Å². The predicted octanol–water partition coefficient (Wildman–Crippen LogP) is 4.90. The van der Waals surface area contributed by atoms with Crippen molar-refractivity contribution >= 4 is 45.7 Å². The molecule has 0 saturated carbocycles. The Kier molecular flexibility index (Phi) is 7.02. The van der Waals surface area contributed by atoms with Crippen molar-refractivity contribution in [3.63, 3.8) is 0 Å². The van der Waals surface area contributed by atoms with Crippen LogP contribution in [0.2, 0.25) is 0 Å². The molecule has 1 amide bonds. The van der Waals surface area contributed by atoms with Gasteiger partial charge in [0, 0.05) is 15.5 Å². The van der Waals surface area contributed by atoms with Crippen LogP contribution in [0.15, 0.2) is 29.2 Å². The van der Waals surface area contributed by atoms with Gasteiger partial charge in [0.05, 0.1) is 17.9 Å². The molecule has 150 valence electrons. The zero-order valence-electron chi connectivity index (χ0n) is 16.2. The number of aryl methyl sites for hydroxylation is 1. The zero-order valence-corrected chi connectivity index (χ0v) is 17.9. The number of nitrogen functional groups attached to an aromatic ring is 1. The number of nitrogens with one attached hydrogen (secondary N) is 1. The van der Waals surface area contributed by atoms with Crippen LogP contribution in [0.4, 0.5) is 10.7 Å². The maximum Gasteiger partial charge on any atom is 0.341 e. The molecule has 1 aliphatic carbocycles. The Morgan fingerprint density at radius 2 is 1.93 bits per heavy atom. The minimum absolute atomic E-state index is 0.0918. The summed E-state index contributed by atoms with van der Waals surface area (Å²) in [6, 6.07) is 7.50. The van der Waals surface area contributed by atoms with Gasteiger partial charge in [-0.2, -0.15) is 0 Å². The van der Waals surface area contributed by atoms with E-state index >= 15 is 0 Å². The second kappa shape index (κ2) is 9.47. The van der Waals surface area contributed by atoms with E-state index < -0.39 is 0 Å². The van der Waals surface area contributed by atoms with E-state index in [0.717, 1.165) is 36.1 Å². The first-order valence-corrected chi connectivity index (χ1v) is 11.3. The van der Waals surface area contributed by atoms with E-state index in [1.165, 1.54) is 41.5 Å². The summed E-state index contributed by atoms with van der Waals surface area (Å²) in [6.45, 7) is 1.99. The van der Waals surface area contributed by atoms with Crippen molar-refractivity contribution in [3.8, 4) is 0 Å². The molecule has 0 bridgehead atoms. The third kappa shape index (κ3) is 4.70. The Hall–Kier alpha value is -1.99. The molecule has 2 aromatic rings. The summed E-state index contributed by atoms with van der Waals surface area (Å²) < 4.78 is 5.02. The Bertz CT molecular complexity index is 846. The van der Waals surface area contributed by atoms with E-state index in [4.69, 9.17) is 10.5 Å². The Balaban J connectivity index is 1.81. The summed E-state index contributed by atoms with van der Waals surface area (Å²) in [7, 11) is 1.39. The van der Waals surface area contributed by atoms with Gasteiger partial charge >= 0.3 is 5.97 Å². The number of amides is 1. The summed E-state index contributed by atoms with van der Waals surface area (Å²) in [5.41, 5.74) is 8.04. The van der Waals surface area contributed by atoms with Gasteiger partial charge in [-0.25, -0.2) is 4.79 Å². The lowest BCUT2D eigenvalue weighted by molar-refractivity contribution is -0.115. The second-order valence-corrected chi connectivity index (χ2v) is 9.21. The van der Waals surface area contributed by atoms with Crippen molar-refractivity contribution in [3.05, 3.63) is 40.3 Å². The number of carbonyl (C=O) groups is 2. The lowest BCUT2D eigenvalue weighted by atomic mass is 10.1. The highest BCUT2D eigenvalue weighted by molar-refractivity contribution is 8.00. The maximum atomic E-state index is 13.0. The van der Waals surface area contributed by atoms with Gasteiger partial charge in [0.2, 0.25) is 5.91 Å². The fraction of sp³-hybridized carbons (Fsp3) is 0.429. The summed E-state index contributed by atoms with van der Waals surface area (Å²) >= 11 is 3.03. The number of nitrogens with two attached hydrogens (primary N) is 1. The summed E-state index contributed by atoms with van der Waals surface area (Å²) in [6.07, 6.45) is 5.85. The molecule has 0 aliphatic heterocycles. The number of hydrogen-bond acceptors (Lipinski definition) is 6. The molecule has 0 fully saturated rings. The number of anilines is 2. The minimum atomic E-state index is -0.367. The molecule has 1 aromatic carbocycles. The van der Waals surface area contributed by atoms with Crippen LogP contribution < -0.4 is 11.1 Å². The van der Waals surface area contributed by atoms with Gasteiger partial charge in [0.1, 0.15) is 5.00 Å². The van der Waals surface area contributed by atoms with Gasteiger partial charge in [-0.3, -0.25) is 4.79 Å². The smallest absolute Gasteiger partial charge is 0.341 e. The van der Waals surface area contributed by atoms with Gasteiger partial charge in [-0.05, 0) is 61.9 Å². The summed E-state index contributed by atoms with van der Waals surface area (Å²) in [4.78, 5) is 27.6. The lowest BCUT2D eigenvalue weighted by Crippen LogP contribution is -2.25. The predicted molar refractivity (Wildman–Crippen MR) is 116 cm³/mol. The van der Waals surface area contributed by atoms with Crippen LogP contribution in [0, 0.1) is 0 Å². The molecule has 5 nitrogen and oxygen atoms in total. The summed E-state index contributed by atoms with van der Waals surface area (Å²) in [5, 5.41) is 3.39.